The Labute approximate surface area is 191 Å². The van der Waals surface area contributed by atoms with Gasteiger partial charge in [0.25, 0.3) is 5.91 Å². The highest BCUT2D eigenvalue weighted by Gasteiger charge is 2.35. The molecule has 1 atom stereocenters. The molecule has 32 heavy (non-hydrogen) atoms. The van der Waals surface area contributed by atoms with Crippen LogP contribution in [0.15, 0.2) is 72.8 Å². The third-order valence-electron chi connectivity index (χ3n) is 5.07. The molecule has 0 bridgehead atoms. The Morgan fingerprint density at radius 1 is 1.06 bits per heavy atom. The molecule has 4 rings (SSSR count). The minimum absolute atomic E-state index is 0.0237. The van der Waals surface area contributed by atoms with Crippen molar-refractivity contribution >= 4 is 35.0 Å². The lowest BCUT2D eigenvalue weighted by atomic mass is 10.1. The first kappa shape index (κ1) is 21.8. The Hall–Kier alpha value is -3.45. The van der Waals surface area contributed by atoms with Gasteiger partial charge in [0.05, 0.1) is 30.7 Å². The molecule has 0 radical (unpaired) electrons. The molecule has 7 heteroatoms. The Balaban J connectivity index is 1.61. The van der Waals surface area contributed by atoms with Gasteiger partial charge in [0.15, 0.2) is 0 Å². The van der Waals surface area contributed by atoms with Crippen molar-refractivity contribution in [2.24, 2.45) is 0 Å². The van der Waals surface area contributed by atoms with Gasteiger partial charge in [0, 0.05) is 5.69 Å². The molecule has 2 amide bonds. The first-order chi connectivity index (χ1) is 15.6. The van der Waals surface area contributed by atoms with Gasteiger partial charge in [-0.25, -0.2) is 0 Å². The quantitative estimate of drug-likeness (QED) is 0.543. The van der Waals surface area contributed by atoms with Crippen molar-refractivity contribution in [2.45, 2.75) is 12.3 Å². The maximum absolute atomic E-state index is 12.8. The lowest BCUT2D eigenvalue weighted by molar-refractivity contribution is -0.115. The van der Waals surface area contributed by atoms with E-state index in [9.17, 15) is 9.59 Å². The Kier molecular flexibility index (Phi) is 6.66. The second-order valence-corrected chi connectivity index (χ2v) is 8.18. The van der Waals surface area contributed by atoms with Gasteiger partial charge in [0.1, 0.15) is 16.9 Å². The molecule has 1 aliphatic rings. The summed E-state index contributed by atoms with van der Waals surface area (Å²) in [5.74, 6) is 1.33. The number of nitrogens with one attached hydrogen (secondary N) is 1. The topological polar surface area (TPSA) is 67.9 Å². The molecule has 0 aliphatic carbocycles. The van der Waals surface area contributed by atoms with Crippen molar-refractivity contribution in [3.05, 3.63) is 83.9 Å². The number of nitrogens with zero attached hydrogens (tertiary/aromatic N) is 1. The van der Waals surface area contributed by atoms with Crippen molar-refractivity contribution < 1.29 is 19.1 Å². The van der Waals surface area contributed by atoms with Crippen LogP contribution in [0.5, 0.6) is 11.5 Å². The zero-order chi connectivity index (χ0) is 22.5. The van der Waals surface area contributed by atoms with E-state index < -0.39 is 0 Å². The number of rotatable bonds is 7. The zero-order valence-corrected chi connectivity index (χ0v) is 18.7. The first-order valence-electron chi connectivity index (χ1n) is 10.3. The van der Waals surface area contributed by atoms with Gasteiger partial charge in [-0.05, 0) is 48.9 Å². The van der Waals surface area contributed by atoms with Crippen LogP contribution in [-0.2, 0) is 4.79 Å². The maximum atomic E-state index is 12.8. The lowest BCUT2D eigenvalue weighted by Gasteiger charge is -2.26. The van der Waals surface area contributed by atoms with Crippen LogP contribution in [0.4, 0.5) is 11.4 Å². The average molecular weight is 449 g/mol. The Morgan fingerprint density at radius 2 is 1.81 bits per heavy atom. The number of ether oxygens (including phenoxy) is 2. The SMILES string of the molecule is CCOc1ccccc1N1C(=O)CS[C@@H]1c1cccc(NC(=O)c2ccccc2OC)c1. The third-order valence-corrected chi connectivity index (χ3v) is 6.29. The Bertz CT molecular complexity index is 1130. The molecule has 1 N–H and O–H groups in total. The third kappa shape index (κ3) is 4.43. The van der Waals surface area contributed by atoms with E-state index in [-0.39, 0.29) is 17.2 Å². The Morgan fingerprint density at radius 3 is 2.59 bits per heavy atom. The van der Waals surface area contributed by atoms with Crippen molar-refractivity contribution in [3.8, 4) is 11.5 Å². The molecule has 3 aromatic carbocycles. The molecule has 1 saturated heterocycles. The summed E-state index contributed by atoms with van der Waals surface area (Å²) in [5, 5.41) is 2.72. The second-order valence-electron chi connectivity index (χ2n) is 7.11. The summed E-state index contributed by atoms with van der Waals surface area (Å²) in [6.07, 6.45) is 0. The molecule has 1 aliphatic heterocycles. The van der Waals surface area contributed by atoms with Gasteiger partial charge in [-0.1, -0.05) is 36.4 Å². The molecular weight excluding hydrogens is 424 g/mol. The number of amides is 2. The zero-order valence-electron chi connectivity index (χ0n) is 17.9. The van der Waals surface area contributed by atoms with Gasteiger partial charge in [-0.15, -0.1) is 11.8 Å². The molecule has 164 valence electrons. The molecule has 1 fully saturated rings. The summed E-state index contributed by atoms with van der Waals surface area (Å²) in [4.78, 5) is 27.4. The monoisotopic (exact) mass is 448 g/mol. The van der Waals surface area contributed by atoms with E-state index in [1.165, 1.54) is 7.11 Å². The minimum Gasteiger partial charge on any atom is -0.496 e. The molecule has 0 unspecified atom stereocenters. The fraction of sp³-hybridized carbons (Fsp3) is 0.200. The summed E-state index contributed by atoms with van der Waals surface area (Å²) >= 11 is 1.55. The van der Waals surface area contributed by atoms with E-state index in [0.717, 1.165) is 11.3 Å². The molecule has 0 aromatic heterocycles. The molecule has 1 heterocycles. The predicted molar refractivity (Wildman–Crippen MR) is 128 cm³/mol. The largest absolute Gasteiger partial charge is 0.496 e. The van der Waals surface area contributed by atoms with E-state index in [1.54, 1.807) is 34.9 Å². The van der Waals surface area contributed by atoms with E-state index in [4.69, 9.17) is 9.47 Å². The second kappa shape index (κ2) is 9.78. The van der Waals surface area contributed by atoms with Gasteiger partial charge in [-0.3, -0.25) is 14.5 Å². The number of carbonyl (C=O) groups excluding carboxylic acids is 2. The maximum Gasteiger partial charge on any atom is 0.259 e. The minimum atomic E-state index is -0.256. The number of para-hydroxylation sites is 3. The van der Waals surface area contributed by atoms with Crippen LogP contribution in [0, 0.1) is 0 Å². The van der Waals surface area contributed by atoms with Crippen molar-refractivity contribution in [3.63, 3.8) is 0 Å². The first-order valence-corrected chi connectivity index (χ1v) is 11.4. The number of hydrogen-bond donors (Lipinski definition) is 1. The van der Waals surface area contributed by atoms with Crippen LogP contribution in [0.2, 0.25) is 0 Å². The molecule has 0 saturated carbocycles. The van der Waals surface area contributed by atoms with E-state index >= 15 is 0 Å². The number of carbonyl (C=O) groups is 2. The number of benzene rings is 3. The summed E-state index contributed by atoms with van der Waals surface area (Å²) < 4.78 is 11.1. The fourth-order valence-corrected chi connectivity index (χ4v) is 4.82. The lowest BCUT2D eigenvalue weighted by Crippen LogP contribution is -2.28. The highest BCUT2D eigenvalue weighted by atomic mass is 32.2. The average Bonchev–Trinajstić information content (AvgIpc) is 3.21. The molecule has 0 spiro atoms. The molecule has 3 aromatic rings. The van der Waals surface area contributed by atoms with Crippen molar-refractivity contribution in [1.29, 1.82) is 0 Å². The highest BCUT2D eigenvalue weighted by molar-refractivity contribution is 8.00. The van der Waals surface area contributed by atoms with Crippen molar-refractivity contribution in [1.82, 2.24) is 0 Å². The van der Waals surface area contributed by atoms with Gasteiger partial charge in [0.2, 0.25) is 5.91 Å². The summed E-state index contributed by atoms with van der Waals surface area (Å²) in [5.41, 5.74) is 2.78. The highest BCUT2D eigenvalue weighted by Crippen LogP contribution is 2.45. The van der Waals surface area contributed by atoms with E-state index in [2.05, 4.69) is 5.32 Å². The van der Waals surface area contributed by atoms with Crippen LogP contribution in [0.3, 0.4) is 0 Å². The van der Waals surface area contributed by atoms with Crippen LogP contribution in [0.25, 0.3) is 0 Å². The van der Waals surface area contributed by atoms with Gasteiger partial charge < -0.3 is 14.8 Å². The van der Waals surface area contributed by atoms with Gasteiger partial charge in [-0.2, -0.15) is 0 Å². The van der Waals surface area contributed by atoms with Crippen LogP contribution in [-0.4, -0.2) is 31.3 Å². The van der Waals surface area contributed by atoms with Crippen molar-refractivity contribution in [2.75, 3.05) is 29.7 Å². The van der Waals surface area contributed by atoms with Crippen LogP contribution in [0.1, 0.15) is 28.2 Å². The standard InChI is InChI=1S/C25H24N2O4S/c1-3-31-22-14-7-5-12-20(22)27-23(28)16-32-25(27)17-9-8-10-18(15-17)26-24(29)19-11-4-6-13-21(19)30-2/h4-15,25H,3,16H2,1-2H3,(H,26,29)/t25-/m1/s1. The van der Waals surface area contributed by atoms with E-state index in [1.807, 2.05) is 61.5 Å². The van der Waals surface area contributed by atoms with Crippen LogP contribution < -0.4 is 19.7 Å². The molecule has 6 nitrogen and oxygen atoms in total. The summed E-state index contributed by atoms with van der Waals surface area (Å²) in [6, 6.07) is 22.2. The fourth-order valence-electron chi connectivity index (χ4n) is 3.67. The number of methoxy groups -OCH3 is 1. The van der Waals surface area contributed by atoms with Gasteiger partial charge >= 0.3 is 0 Å². The number of anilines is 2. The summed E-state index contributed by atoms with van der Waals surface area (Å²) in [7, 11) is 1.54. The van der Waals surface area contributed by atoms with Crippen LogP contribution >= 0.6 is 11.8 Å². The number of hydrogen-bond acceptors (Lipinski definition) is 5. The molecular formula is C25H24N2O4S. The smallest absolute Gasteiger partial charge is 0.259 e. The normalized spacial score (nSPS) is 15.5. The number of thioether (sulfide) groups is 1. The van der Waals surface area contributed by atoms with E-state index in [0.29, 0.717) is 35.1 Å². The summed E-state index contributed by atoms with van der Waals surface area (Å²) in [6.45, 7) is 2.43. The predicted octanol–water partition coefficient (Wildman–Crippen LogP) is 5.12.